The Kier molecular flexibility index (Phi) is 4.99. The predicted molar refractivity (Wildman–Crippen MR) is 64.2 cm³/mol. The monoisotopic (exact) mass is 221 g/mol. The zero-order valence-corrected chi connectivity index (χ0v) is 9.86. The quantitative estimate of drug-likeness (QED) is 0.790. The van der Waals surface area contributed by atoms with Gasteiger partial charge in [-0.15, -0.1) is 0 Å². The van der Waals surface area contributed by atoms with E-state index in [9.17, 15) is 4.79 Å². The van der Waals surface area contributed by atoms with Gasteiger partial charge in [0, 0.05) is 12.5 Å². The van der Waals surface area contributed by atoms with Crippen LogP contribution in [0.15, 0.2) is 24.3 Å². The van der Waals surface area contributed by atoms with Gasteiger partial charge in [-0.2, -0.15) is 0 Å². The van der Waals surface area contributed by atoms with Crippen LogP contribution in [-0.4, -0.2) is 23.7 Å². The number of hydrogen-bond donors (Lipinski definition) is 2. The van der Waals surface area contributed by atoms with E-state index in [0.717, 1.165) is 6.42 Å². The van der Waals surface area contributed by atoms with E-state index < -0.39 is 0 Å². The predicted octanol–water partition coefficient (Wildman–Crippen LogP) is 1.42. The van der Waals surface area contributed by atoms with Crippen molar-refractivity contribution in [1.82, 2.24) is 5.32 Å². The Morgan fingerprint density at radius 2 is 2.12 bits per heavy atom. The molecular weight excluding hydrogens is 202 g/mol. The molecule has 1 aromatic rings. The molecule has 1 amide bonds. The van der Waals surface area contributed by atoms with Gasteiger partial charge in [0.2, 0.25) is 5.91 Å². The average molecular weight is 221 g/mol. The van der Waals surface area contributed by atoms with Crippen molar-refractivity contribution in [2.24, 2.45) is 0 Å². The third-order valence-corrected chi connectivity index (χ3v) is 2.56. The van der Waals surface area contributed by atoms with E-state index >= 15 is 0 Å². The van der Waals surface area contributed by atoms with Crippen LogP contribution < -0.4 is 5.32 Å². The maximum absolute atomic E-state index is 11.5. The molecule has 3 nitrogen and oxygen atoms in total. The second kappa shape index (κ2) is 6.28. The first kappa shape index (κ1) is 12.7. The van der Waals surface area contributed by atoms with Crippen molar-refractivity contribution in [2.75, 3.05) is 6.61 Å². The van der Waals surface area contributed by atoms with Crippen LogP contribution in [0.2, 0.25) is 0 Å². The van der Waals surface area contributed by atoms with E-state index in [1.807, 2.05) is 31.2 Å². The summed E-state index contributed by atoms with van der Waals surface area (Å²) in [5, 5.41) is 11.5. The van der Waals surface area contributed by atoms with Crippen LogP contribution in [0.1, 0.15) is 24.5 Å². The van der Waals surface area contributed by atoms with Crippen LogP contribution in [0, 0.1) is 6.92 Å². The van der Waals surface area contributed by atoms with Crippen molar-refractivity contribution in [3.05, 3.63) is 35.4 Å². The molecule has 0 heterocycles. The average Bonchev–Trinajstić information content (AvgIpc) is 2.28. The molecule has 1 atom stereocenters. The number of carbonyl (C=O) groups excluding carboxylic acids is 1. The first-order valence-corrected chi connectivity index (χ1v) is 5.58. The fraction of sp³-hybridized carbons (Fsp3) is 0.462. The van der Waals surface area contributed by atoms with Gasteiger partial charge >= 0.3 is 0 Å². The van der Waals surface area contributed by atoms with E-state index in [2.05, 4.69) is 5.32 Å². The minimum absolute atomic E-state index is 0.00944. The fourth-order valence-corrected chi connectivity index (χ4v) is 1.53. The molecule has 2 N–H and O–H groups in total. The molecule has 0 aliphatic heterocycles. The van der Waals surface area contributed by atoms with Gasteiger partial charge in [0.25, 0.3) is 0 Å². The maximum atomic E-state index is 11.5. The van der Waals surface area contributed by atoms with Crippen molar-refractivity contribution in [2.45, 2.75) is 32.7 Å². The van der Waals surface area contributed by atoms with Crippen LogP contribution in [0.3, 0.4) is 0 Å². The van der Waals surface area contributed by atoms with Crippen molar-refractivity contribution in [3.63, 3.8) is 0 Å². The second-order valence-electron chi connectivity index (χ2n) is 4.08. The Bertz CT molecular complexity index is 350. The van der Waals surface area contributed by atoms with Gasteiger partial charge in [0.05, 0.1) is 6.61 Å². The highest BCUT2D eigenvalue weighted by Crippen LogP contribution is 2.09. The van der Waals surface area contributed by atoms with E-state index in [0.29, 0.717) is 6.42 Å². The van der Waals surface area contributed by atoms with Gasteiger partial charge in [-0.1, -0.05) is 24.3 Å². The number of benzene rings is 1. The van der Waals surface area contributed by atoms with Gasteiger partial charge in [0.1, 0.15) is 0 Å². The zero-order valence-electron chi connectivity index (χ0n) is 9.86. The Hall–Kier alpha value is -1.35. The van der Waals surface area contributed by atoms with E-state index in [1.165, 1.54) is 11.1 Å². The number of nitrogens with one attached hydrogen (secondary N) is 1. The van der Waals surface area contributed by atoms with Crippen molar-refractivity contribution in [3.8, 4) is 0 Å². The number of hydrogen-bond acceptors (Lipinski definition) is 2. The number of aliphatic hydroxyl groups is 1. The number of aliphatic hydroxyl groups excluding tert-OH is 1. The molecule has 16 heavy (non-hydrogen) atoms. The van der Waals surface area contributed by atoms with Crippen LogP contribution in [-0.2, 0) is 11.2 Å². The summed E-state index contributed by atoms with van der Waals surface area (Å²) in [5.74, 6) is -0.00944. The highest BCUT2D eigenvalue weighted by molar-refractivity contribution is 5.76. The molecule has 0 spiro atoms. The van der Waals surface area contributed by atoms with Gasteiger partial charge in [-0.05, 0) is 31.4 Å². The summed E-state index contributed by atoms with van der Waals surface area (Å²) in [7, 11) is 0. The van der Waals surface area contributed by atoms with Gasteiger partial charge < -0.3 is 10.4 Å². The van der Waals surface area contributed by atoms with E-state index in [-0.39, 0.29) is 18.6 Å². The zero-order chi connectivity index (χ0) is 12.0. The lowest BCUT2D eigenvalue weighted by molar-refractivity contribution is -0.121. The Labute approximate surface area is 96.5 Å². The first-order chi connectivity index (χ1) is 7.63. The topological polar surface area (TPSA) is 49.3 Å². The standard InChI is InChI=1S/C13H19NO2/c1-10-5-3-4-6-12(10)7-8-13(16)14-11(2)9-15/h3-6,11,15H,7-9H2,1-2H3,(H,14,16)/t11-/m0/s1. The molecule has 0 aromatic heterocycles. The molecule has 0 bridgehead atoms. The van der Waals surface area contributed by atoms with Gasteiger partial charge in [-0.25, -0.2) is 0 Å². The number of rotatable bonds is 5. The molecule has 1 aromatic carbocycles. The largest absolute Gasteiger partial charge is 0.394 e. The van der Waals surface area contributed by atoms with Crippen LogP contribution in [0.4, 0.5) is 0 Å². The molecule has 0 radical (unpaired) electrons. The fourth-order valence-electron chi connectivity index (χ4n) is 1.53. The summed E-state index contributed by atoms with van der Waals surface area (Å²) in [6.07, 6.45) is 1.21. The molecule has 0 fully saturated rings. The highest BCUT2D eigenvalue weighted by atomic mass is 16.3. The van der Waals surface area contributed by atoms with Crippen LogP contribution in [0.25, 0.3) is 0 Å². The molecule has 0 saturated heterocycles. The SMILES string of the molecule is Cc1ccccc1CCC(=O)N[C@@H](C)CO. The summed E-state index contributed by atoms with van der Waals surface area (Å²) in [4.78, 5) is 11.5. The third kappa shape index (κ3) is 4.03. The lowest BCUT2D eigenvalue weighted by atomic mass is 10.0. The van der Waals surface area contributed by atoms with Gasteiger partial charge in [0.15, 0.2) is 0 Å². The second-order valence-corrected chi connectivity index (χ2v) is 4.08. The van der Waals surface area contributed by atoms with Crippen LogP contribution >= 0.6 is 0 Å². The van der Waals surface area contributed by atoms with Crippen molar-refractivity contribution < 1.29 is 9.90 Å². The van der Waals surface area contributed by atoms with E-state index in [1.54, 1.807) is 6.92 Å². The summed E-state index contributed by atoms with van der Waals surface area (Å²) in [5.41, 5.74) is 2.42. The van der Waals surface area contributed by atoms with Crippen LogP contribution in [0.5, 0.6) is 0 Å². The minimum Gasteiger partial charge on any atom is -0.394 e. The molecule has 1 rings (SSSR count). The highest BCUT2D eigenvalue weighted by Gasteiger charge is 2.06. The molecule has 0 unspecified atom stereocenters. The summed E-state index contributed by atoms with van der Waals surface area (Å²) < 4.78 is 0. The number of aryl methyl sites for hydroxylation is 2. The van der Waals surface area contributed by atoms with Crippen molar-refractivity contribution >= 4 is 5.91 Å². The Balaban J connectivity index is 2.40. The smallest absolute Gasteiger partial charge is 0.220 e. The number of carbonyl (C=O) groups is 1. The molecule has 3 heteroatoms. The lowest BCUT2D eigenvalue weighted by Gasteiger charge is -2.11. The molecular formula is C13H19NO2. The van der Waals surface area contributed by atoms with E-state index in [4.69, 9.17) is 5.11 Å². The molecule has 0 aliphatic rings. The van der Waals surface area contributed by atoms with Gasteiger partial charge in [-0.3, -0.25) is 4.79 Å². The lowest BCUT2D eigenvalue weighted by Crippen LogP contribution is -2.35. The molecule has 0 saturated carbocycles. The first-order valence-electron chi connectivity index (χ1n) is 5.58. The van der Waals surface area contributed by atoms with Crippen molar-refractivity contribution in [1.29, 1.82) is 0 Å². The molecule has 88 valence electrons. The summed E-state index contributed by atoms with van der Waals surface area (Å²) in [6.45, 7) is 3.81. The number of amides is 1. The Morgan fingerprint density at radius 1 is 1.44 bits per heavy atom. The normalized spacial score (nSPS) is 12.2. The maximum Gasteiger partial charge on any atom is 0.220 e. The Morgan fingerprint density at radius 3 is 2.75 bits per heavy atom. The summed E-state index contributed by atoms with van der Waals surface area (Å²) >= 11 is 0. The minimum atomic E-state index is -0.163. The third-order valence-electron chi connectivity index (χ3n) is 2.56. The molecule has 0 aliphatic carbocycles. The summed E-state index contributed by atoms with van der Waals surface area (Å²) in [6, 6.07) is 7.90.